The van der Waals surface area contributed by atoms with Gasteiger partial charge in [0.25, 0.3) is 0 Å². The molecule has 0 heterocycles. The number of rotatable bonds is 6. The van der Waals surface area contributed by atoms with E-state index in [0.717, 1.165) is 31.1 Å². The van der Waals surface area contributed by atoms with E-state index in [0.29, 0.717) is 20.1 Å². The normalized spacial score (nSPS) is 43.0. The van der Waals surface area contributed by atoms with E-state index in [2.05, 4.69) is 37.1 Å². The van der Waals surface area contributed by atoms with Crippen LogP contribution < -0.4 is 26.5 Å². The summed E-state index contributed by atoms with van der Waals surface area (Å²) in [6.07, 6.45) is 18.0. The van der Waals surface area contributed by atoms with Crippen molar-refractivity contribution in [1.29, 1.82) is 0 Å². The maximum atomic E-state index is 9.67. The number of alkyl halides is 2. The van der Waals surface area contributed by atoms with Gasteiger partial charge in [0.2, 0.25) is 0 Å². The fraction of sp³-hybridized carbons (Fsp3) is 0.917. The molecule has 0 spiro atoms. The van der Waals surface area contributed by atoms with Crippen LogP contribution in [0.1, 0.15) is 97.8 Å². The van der Waals surface area contributed by atoms with Gasteiger partial charge in [-0.1, -0.05) is 0 Å². The second-order valence-electron chi connectivity index (χ2n) is 10.5. The summed E-state index contributed by atoms with van der Waals surface area (Å²) in [6, 6.07) is 0. The number of hydrogen-bond acceptors (Lipinski definition) is 2. The number of nitrogens with one attached hydrogen (secondary N) is 1. The van der Waals surface area contributed by atoms with Crippen molar-refractivity contribution in [3.63, 3.8) is 0 Å². The first kappa shape index (κ1) is 21.9. The molecule has 5 unspecified atom stereocenters. The van der Waals surface area contributed by atoms with Crippen molar-refractivity contribution in [2.75, 3.05) is 11.5 Å². The van der Waals surface area contributed by atoms with Crippen molar-refractivity contribution in [1.82, 2.24) is 5.32 Å². The van der Waals surface area contributed by atoms with Crippen LogP contribution in [-0.2, 0) is 0 Å². The molecule has 2 nitrogen and oxygen atoms in total. The summed E-state index contributed by atoms with van der Waals surface area (Å²) < 4.78 is 0.534. The topological polar surface area (TPSA) is 32.3 Å². The van der Waals surface area contributed by atoms with Crippen molar-refractivity contribution in [3.05, 3.63) is 11.8 Å². The van der Waals surface area contributed by atoms with Gasteiger partial charge < -0.3 is 0 Å². The fourth-order valence-electron chi connectivity index (χ4n) is 6.07. The van der Waals surface area contributed by atoms with E-state index in [4.69, 9.17) is 0 Å². The third-order valence-corrected chi connectivity index (χ3v) is 12.7. The van der Waals surface area contributed by atoms with E-state index in [-0.39, 0.29) is 21.2 Å². The van der Waals surface area contributed by atoms with Crippen molar-refractivity contribution in [3.8, 4) is 0 Å². The van der Waals surface area contributed by atoms with Crippen LogP contribution in [0.25, 0.3) is 0 Å². The summed E-state index contributed by atoms with van der Waals surface area (Å²) in [6.45, 7) is 8.77. The Balaban J connectivity index is 1.58. The van der Waals surface area contributed by atoms with Gasteiger partial charge in [0.05, 0.1) is 0 Å². The Labute approximate surface area is 178 Å². The second kappa shape index (κ2) is 8.93. The predicted molar refractivity (Wildman–Crippen MR) is 112 cm³/mol. The van der Waals surface area contributed by atoms with Gasteiger partial charge in [0.1, 0.15) is 0 Å². The first-order valence-electron chi connectivity index (χ1n) is 11.4. The molecule has 27 heavy (non-hydrogen) atoms. The summed E-state index contributed by atoms with van der Waals surface area (Å²) >= 11 is 0.218. The zero-order valence-corrected chi connectivity index (χ0v) is 20.4. The van der Waals surface area contributed by atoms with E-state index in [1.165, 1.54) is 64.3 Å². The first-order chi connectivity index (χ1) is 12.8. The molecule has 2 N–H and O–H groups in total. The molecule has 0 saturated heterocycles. The van der Waals surface area contributed by atoms with Gasteiger partial charge in [-0.3, -0.25) is 0 Å². The molecule has 0 bridgehead atoms. The summed E-state index contributed by atoms with van der Waals surface area (Å²) in [5.74, 6) is 2.59. The van der Waals surface area contributed by atoms with E-state index in [9.17, 15) is 5.11 Å². The molecule has 3 heteroatoms. The van der Waals surface area contributed by atoms with Gasteiger partial charge >= 0.3 is 179 Å². The van der Waals surface area contributed by atoms with Crippen LogP contribution in [-0.4, -0.2) is 25.5 Å². The van der Waals surface area contributed by atoms with Crippen LogP contribution in [0.15, 0.2) is 11.8 Å². The van der Waals surface area contributed by atoms with Crippen molar-refractivity contribution in [2.45, 2.75) is 107 Å². The van der Waals surface area contributed by atoms with Gasteiger partial charge in [0.15, 0.2) is 0 Å². The Morgan fingerprint density at radius 1 is 1.11 bits per heavy atom. The van der Waals surface area contributed by atoms with E-state index < -0.39 is 0 Å². The number of fused-ring (bicyclic) bond motifs is 1. The Morgan fingerprint density at radius 3 is 2.52 bits per heavy atom. The Morgan fingerprint density at radius 2 is 1.85 bits per heavy atom. The molecule has 3 rings (SSSR count). The van der Waals surface area contributed by atoms with Gasteiger partial charge in [-0.2, -0.15) is 0 Å². The zero-order chi connectivity index (χ0) is 19.5. The summed E-state index contributed by atoms with van der Waals surface area (Å²) in [5, 5.41) is 13.8. The minimum atomic E-state index is 0.218. The first-order valence-corrected chi connectivity index (χ1v) is 14.7. The molecule has 0 radical (unpaired) electrons. The van der Waals surface area contributed by atoms with Crippen LogP contribution in [0.3, 0.4) is 0 Å². The van der Waals surface area contributed by atoms with Crippen molar-refractivity contribution in [2.24, 2.45) is 17.3 Å². The number of hydrogen-bond donors (Lipinski definition) is 2. The third-order valence-electron chi connectivity index (χ3n) is 8.58. The molecule has 3 aliphatic carbocycles. The summed E-state index contributed by atoms with van der Waals surface area (Å²) in [5.41, 5.74) is 0.727. The molecule has 2 saturated carbocycles. The Bertz CT molecular complexity index is 534. The van der Waals surface area contributed by atoms with Crippen LogP contribution in [0.2, 0.25) is 0 Å². The molecule has 0 aromatic rings. The average Bonchev–Trinajstić information content (AvgIpc) is 2.77. The molecular formula is C24H43INO-. The quantitative estimate of drug-likeness (QED) is 0.342. The summed E-state index contributed by atoms with van der Waals surface area (Å²) in [7, 11) is 0. The number of aliphatic hydroxyl groups is 1. The van der Waals surface area contributed by atoms with Crippen LogP contribution >= 0.6 is 0 Å². The molecular weight excluding hydrogens is 445 g/mol. The fourth-order valence-corrected chi connectivity index (χ4v) is 8.52. The molecule has 3 aliphatic rings. The van der Waals surface area contributed by atoms with Crippen molar-refractivity contribution < 1.29 is 26.3 Å². The monoisotopic (exact) mass is 488 g/mol. The van der Waals surface area contributed by atoms with Gasteiger partial charge in [-0.15, -0.1) is 0 Å². The molecule has 0 amide bonds. The molecule has 5 atom stereocenters. The molecule has 2 fully saturated rings. The van der Waals surface area contributed by atoms with Gasteiger partial charge in [0, 0.05) is 0 Å². The molecule has 158 valence electrons. The SMILES string of the molecule is C[I-]C1(C)CCC2CCCCC2CC1(C)NCCCC1(C)CC=C(O)CC1. The standard InChI is InChI=1S/C24H43INO/c1-22(14-11-21(27)12-15-22)13-7-17-26-24(3)18-20-9-6-5-8-19(20)10-16-23(24,2)25-4/h11,19-20,26-27H,5-10,12-18H2,1-4H3/q-1. The molecule has 0 aromatic carbocycles. The zero-order valence-electron chi connectivity index (χ0n) is 18.2. The second-order valence-corrected chi connectivity index (χ2v) is 14.0. The Kier molecular flexibility index (Phi) is 7.26. The third kappa shape index (κ3) is 5.05. The maximum absolute atomic E-state index is 9.67. The number of allylic oxidation sites excluding steroid dienone is 2. The predicted octanol–water partition coefficient (Wildman–Crippen LogP) is 3.21. The van der Waals surface area contributed by atoms with Crippen LogP contribution in [0.5, 0.6) is 0 Å². The minimum absolute atomic E-state index is 0.218. The molecule has 0 aromatic heterocycles. The van der Waals surface area contributed by atoms with E-state index in [1.807, 2.05) is 0 Å². The number of aliphatic hydroxyl groups excluding tert-OH is 1. The molecule has 0 aliphatic heterocycles. The van der Waals surface area contributed by atoms with Crippen LogP contribution in [0, 0.1) is 17.3 Å². The average molecular weight is 489 g/mol. The van der Waals surface area contributed by atoms with E-state index >= 15 is 0 Å². The van der Waals surface area contributed by atoms with Crippen LogP contribution in [0.4, 0.5) is 0 Å². The van der Waals surface area contributed by atoms with Gasteiger partial charge in [-0.05, 0) is 0 Å². The van der Waals surface area contributed by atoms with E-state index in [1.54, 1.807) is 0 Å². The van der Waals surface area contributed by atoms with Crippen molar-refractivity contribution >= 4 is 0 Å². The van der Waals surface area contributed by atoms with Gasteiger partial charge in [-0.25, -0.2) is 0 Å². The number of halogens is 1. The Hall–Kier alpha value is 0.230. The summed E-state index contributed by atoms with van der Waals surface area (Å²) in [4.78, 5) is 2.52.